The zero-order valence-corrected chi connectivity index (χ0v) is 13.2. The Hall–Kier alpha value is -1.88. The molecule has 2 unspecified atom stereocenters. The predicted octanol–water partition coefficient (Wildman–Crippen LogP) is 1.80. The molecule has 2 rings (SSSR count). The fourth-order valence-electron chi connectivity index (χ4n) is 2.71. The van der Waals surface area contributed by atoms with Crippen LogP contribution in [-0.2, 0) is 9.59 Å². The molecule has 0 spiro atoms. The van der Waals surface area contributed by atoms with E-state index in [9.17, 15) is 14.7 Å². The van der Waals surface area contributed by atoms with Crippen LogP contribution in [0, 0.1) is 0 Å². The van der Waals surface area contributed by atoms with E-state index in [1.165, 1.54) is 0 Å². The summed E-state index contributed by atoms with van der Waals surface area (Å²) in [6.07, 6.45) is 1.52. The summed E-state index contributed by atoms with van der Waals surface area (Å²) >= 11 is 0. The van der Waals surface area contributed by atoms with Crippen molar-refractivity contribution in [2.75, 3.05) is 18.0 Å². The summed E-state index contributed by atoms with van der Waals surface area (Å²) in [6.45, 7) is 4.88. The number of aliphatic hydroxyl groups excluding tert-OH is 1. The van der Waals surface area contributed by atoms with Gasteiger partial charge in [-0.1, -0.05) is 32.0 Å². The average molecular weight is 304 g/mol. The number of hydrogen-bond acceptors (Lipinski definition) is 3. The first-order valence-corrected chi connectivity index (χ1v) is 7.91. The topological polar surface area (TPSA) is 69.6 Å². The van der Waals surface area contributed by atoms with E-state index >= 15 is 0 Å². The summed E-state index contributed by atoms with van der Waals surface area (Å²) in [4.78, 5) is 25.9. The van der Waals surface area contributed by atoms with E-state index in [-0.39, 0.29) is 0 Å². The minimum atomic E-state index is -0.604. The number of nitrogens with zero attached hydrogens (tertiary/aromatic N) is 1. The Bertz CT molecular complexity index is 544. The van der Waals surface area contributed by atoms with Gasteiger partial charge < -0.3 is 15.3 Å². The largest absolute Gasteiger partial charge is 0.393 e. The van der Waals surface area contributed by atoms with Gasteiger partial charge in [-0.25, -0.2) is 0 Å². The van der Waals surface area contributed by atoms with E-state index in [4.69, 9.17) is 0 Å². The number of amides is 2. The van der Waals surface area contributed by atoms with E-state index in [2.05, 4.69) is 12.2 Å². The second-order valence-electron chi connectivity index (χ2n) is 5.81. The number of para-hydroxylation sites is 1. The first-order chi connectivity index (χ1) is 10.5. The first-order valence-electron chi connectivity index (χ1n) is 7.91. The van der Waals surface area contributed by atoms with Gasteiger partial charge in [-0.05, 0) is 36.8 Å². The first kappa shape index (κ1) is 16.5. The van der Waals surface area contributed by atoms with Crippen LogP contribution >= 0.6 is 0 Å². The van der Waals surface area contributed by atoms with Gasteiger partial charge in [0.05, 0.1) is 6.10 Å². The molecule has 5 heteroatoms. The highest BCUT2D eigenvalue weighted by Gasteiger charge is 2.29. The van der Waals surface area contributed by atoms with E-state index in [0.717, 1.165) is 17.7 Å². The Kier molecular flexibility index (Phi) is 5.55. The molecule has 0 saturated carbocycles. The number of rotatable bonds is 4. The van der Waals surface area contributed by atoms with E-state index < -0.39 is 17.9 Å². The fourth-order valence-corrected chi connectivity index (χ4v) is 2.71. The second kappa shape index (κ2) is 7.40. The lowest BCUT2D eigenvalue weighted by molar-refractivity contribution is -0.137. The molecule has 0 saturated heterocycles. The lowest BCUT2D eigenvalue weighted by Gasteiger charge is -2.32. The number of aliphatic hydroxyl groups is 1. The molecule has 0 aliphatic carbocycles. The molecule has 1 aliphatic rings. The SMILES string of the molecule is CCC(O)CCNC(=O)C(=O)N1CCC(C)c2ccccc21. The Labute approximate surface area is 131 Å². The van der Waals surface area contributed by atoms with Crippen molar-refractivity contribution in [3.05, 3.63) is 29.8 Å². The summed E-state index contributed by atoms with van der Waals surface area (Å²) in [5, 5.41) is 12.1. The lowest BCUT2D eigenvalue weighted by atomic mass is 9.91. The summed E-state index contributed by atoms with van der Waals surface area (Å²) in [5.41, 5.74) is 1.94. The van der Waals surface area contributed by atoms with Gasteiger partial charge in [0, 0.05) is 18.8 Å². The molecule has 0 fully saturated rings. The van der Waals surface area contributed by atoms with Gasteiger partial charge in [-0.15, -0.1) is 0 Å². The van der Waals surface area contributed by atoms with Crippen LogP contribution in [0.3, 0.4) is 0 Å². The van der Waals surface area contributed by atoms with Gasteiger partial charge in [-0.2, -0.15) is 0 Å². The van der Waals surface area contributed by atoms with Gasteiger partial charge in [0.15, 0.2) is 0 Å². The molecule has 1 aromatic carbocycles. The smallest absolute Gasteiger partial charge is 0.316 e. The summed E-state index contributed by atoms with van der Waals surface area (Å²) in [5.74, 6) is -0.735. The van der Waals surface area contributed by atoms with Crippen LogP contribution in [-0.4, -0.2) is 36.1 Å². The minimum Gasteiger partial charge on any atom is -0.393 e. The standard InChI is InChI=1S/C17H24N2O3/c1-3-13(20)8-10-18-16(21)17(22)19-11-9-12(2)14-6-4-5-7-15(14)19/h4-7,12-13,20H,3,8-11H2,1-2H3,(H,18,21). The maximum absolute atomic E-state index is 12.4. The van der Waals surface area contributed by atoms with Gasteiger partial charge in [-0.3, -0.25) is 9.59 Å². The van der Waals surface area contributed by atoms with E-state index in [1.54, 1.807) is 4.90 Å². The maximum Gasteiger partial charge on any atom is 0.316 e. The number of hydrogen-bond donors (Lipinski definition) is 2. The van der Waals surface area contributed by atoms with Crippen molar-refractivity contribution in [1.29, 1.82) is 0 Å². The number of carbonyl (C=O) groups excluding carboxylic acids is 2. The van der Waals surface area contributed by atoms with Crippen LogP contribution in [0.5, 0.6) is 0 Å². The van der Waals surface area contributed by atoms with E-state index in [0.29, 0.717) is 31.8 Å². The fraction of sp³-hybridized carbons (Fsp3) is 0.529. The molecule has 0 radical (unpaired) electrons. The molecule has 22 heavy (non-hydrogen) atoms. The monoisotopic (exact) mass is 304 g/mol. The highest BCUT2D eigenvalue weighted by atomic mass is 16.3. The normalized spacial score (nSPS) is 18.5. The summed E-state index contributed by atoms with van der Waals surface area (Å²) in [6, 6.07) is 7.73. The van der Waals surface area contributed by atoms with Crippen LogP contribution < -0.4 is 10.2 Å². The number of fused-ring (bicyclic) bond motifs is 1. The molecule has 5 nitrogen and oxygen atoms in total. The molecular weight excluding hydrogens is 280 g/mol. The highest BCUT2D eigenvalue weighted by Crippen LogP contribution is 2.34. The third kappa shape index (κ3) is 3.65. The number of nitrogens with one attached hydrogen (secondary N) is 1. The van der Waals surface area contributed by atoms with Crippen LogP contribution in [0.4, 0.5) is 5.69 Å². The number of carbonyl (C=O) groups is 2. The summed E-state index contributed by atoms with van der Waals surface area (Å²) < 4.78 is 0. The predicted molar refractivity (Wildman–Crippen MR) is 85.8 cm³/mol. The minimum absolute atomic E-state index is 0.311. The van der Waals surface area contributed by atoms with Crippen molar-refractivity contribution in [1.82, 2.24) is 5.32 Å². The third-order valence-electron chi connectivity index (χ3n) is 4.22. The molecule has 2 atom stereocenters. The molecule has 2 N–H and O–H groups in total. The molecule has 2 amide bonds. The van der Waals surface area contributed by atoms with Crippen LogP contribution in [0.15, 0.2) is 24.3 Å². The second-order valence-corrected chi connectivity index (χ2v) is 5.81. The van der Waals surface area contributed by atoms with Gasteiger partial charge in [0.2, 0.25) is 0 Å². The lowest BCUT2D eigenvalue weighted by Crippen LogP contribution is -2.46. The Balaban J connectivity index is 2.01. The zero-order chi connectivity index (χ0) is 16.1. The van der Waals surface area contributed by atoms with Crippen molar-refractivity contribution < 1.29 is 14.7 Å². The van der Waals surface area contributed by atoms with E-state index in [1.807, 2.05) is 31.2 Å². The van der Waals surface area contributed by atoms with Gasteiger partial charge in [0.1, 0.15) is 0 Å². The highest BCUT2D eigenvalue weighted by molar-refractivity contribution is 6.40. The van der Waals surface area contributed by atoms with Gasteiger partial charge in [0.25, 0.3) is 0 Å². The number of benzene rings is 1. The van der Waals surface area contributed by atoms with Crippen molar-refractivity contribution >= 4 is 17.5 Å². The van der Waals surface area contributed by atoms with Crippen molar-refractivity contribution in [3.8, 4) is 0 Å². The zero-order valence-electron chi connectivity index (χ0n) is 13.2. The third-order valence-corrected chi connectivity index (χ3v) is 4.22. The molecule has 1 aromatic rings. The average Bonchev–Trinajstić information content (AvgIpc) is 2.54. The summed E-state index contributed by atoms with van der Waals surface area (Å²) in [7, 11) is 0. The maximum atomic E-state index is 12.4. The van der Waals surface area contributed by atoms with Crippen molar-refractivity contribution in [2.45, 2.75) is 45.1 Å². The molecule has 0 bridgehead atoms. The Morgan fingerprint density at radius 2 is 2.14 bits per heavy atom. The van der Waals surface area contributed by atoms with Crippen LogP contribution in [0.25, 0.3) is 0 Å². The molecular formula is C17H24N2O3. The molecule has 1 heterocycles. The molecule has 1 aliphatic heterocycles. The quantitative estimate of drug-likeness (QED) is 0.833. The molecule has 0 aromatic heterocycles. The number of anilines is 1. The Morgan fingerprint density at radius 3 is 2.86 bits per heavy atom. The van der Waals surface area contributed by atoms with Gasteiger partial charge >= 0.3 is 11.8 Å². The van der Waals surface area contributed by atoms with Crippen LogP contribution in [0.2, 0.25) is 0 Å². The van der Waals surface area contributed by atoms with Crippen molar-refractivity contribution in [2.24, 2.45) is 0 Å². The van der Waals surface area contributed by atoms with Crippen LogP contribution in [0.1, 0.15) is 44.6 Å². The molecule has 120 valence electrons. The van der Waals surface area contributed by atoms with Crippen molar-refractivity contribution in [3.63, 3.8) is 0 Å². The Morgan fingerprint density at radius 1 is 1.41 bits per heavy atom.